The molecule has 0 spiro atoms. The van der Waals surface area contributed by atoms with Crippen molar-refractivity contribution in [3.05, 3.63) is 58.8 Å². The van der Waals surface area contributed by atoms with Gasteiger partial charge in [0.1, 0.15) is 28.2 Å². The largest absolute Gasteiger partial charge is 0.481 e. The van der Waals surface area contributed by atoms with E-state index in [1.165, 1.54) is 11.3 Å². The molecule has 1 aliphatic heterocycles. The summed E-state index contributed by atoms with van der Waals surface area (Å²) in [4.78, 5) is 19.6. The number of hydrogen-bond donors (Lipinski definition) is 2. The van der Waals surface area contributed by atoms with Gasteiger partial charge in [0.15, 0.2) is 5.60 Å². The first-order chi connectivity index (χ1) is 16.5. The summed E-state index contributed by atoms with van der Waals surface area (Å²) in [5.41, 5.74) is -0.758. The van der Waals surface area contributed by atoms with Gasteiger partial charge in [-0.1, -0.05) is 12.0 Å². The summed E-state index contributed by atoms with van der Waals surface area (Å²) in [5, 5.41) is 20.7. The zero-order valence-electron chi connectivity index (χ0n) is 18.6. The lowest BCUT2D eigenvalue weighted by Gasteiger charge is -2.28. The maximum atomic E-state index is 10.6. The van der Waals surface area contributed by atoms with Crippen molar-refractivity contribution in [1.82, 2.24) is 29.7 Å². The van der Waals surface area contributed by atoms with E-state index >= 15 is 0 Å². The summed E-state index contributed by atoms with van der Waals surface area (Å²) in [7, 11) is 1.57. The van der Waals surface area contributed by atoms with Crippen molar-refractivity contribution in [1.29, 1.82) is 0 Å². The minimum absolute atomic E-state index is 0.425. The van der Waals surface area contributed by atoms with Crippen molar-refractivity contribution in [2.75, 3.05) is 23.9 Å². The second-order valence-electron chi connectivity index (χ2n) is 7.70. The summed E-state index contributed by atoms with van der Waals surface area (Å²) in [6.07, 6.45) is 4.26. The highest BCUT2D eigenvalue weighted by molar-refractivity contribution is 7.09. The highest BCUT2D eigenvalue weighted by Gasteiger charge is 2.24. The van der Waals surface area contributed by atoms with Crippen molar-refractivity contribution in [3.63, 3.8) is 0 Å². The van der Waals surface area contributed by atoms with Gasteiger partial charge in [-0.15, -0.1) is 11.3 Å². The minimum Gasteiger partial charge on any atom is -0.481 e. The summed E-state index contributed by atoms with van der Waals surface area (Å²) in [6.45, 7) is 3.19. The zero-order valence-corrected chi connectivity index (χ0v) is 19.5. The molecule has 34 heavy (non-hydrogen) atoms. The van der Waals surface area contributed by atoms with Crippen LogP contribution in [0.25, 0.3) is 0 Å². The van der Waals surface area contributed by atoms with Crippen molar-refractivity contribution in [3.8, 4) is 17.7 Å². The monoisotopic (exact) mass is 474 g/mol. The van der Waals surface area contributed by atoms with E-state index in [0.717, 1.165) is 31.1 Å². The van der Waals surface area contributed by atoms with Crippen molar-refractivity contribution in [2.24, 2.45) is 0 Å². The molecule has 10 nitrogen and oxygen atoms in total. The molecule has 4 aromatic rings. The van der Waals surface area contributed by atoms with Crippen LogP contribution in [0.15, 0.2) is 48.1 Å². The Morgan fingerprint density at radius 1 is 1.18 bits per heavy atom. The Hall–Kier alpha value is -4.01. The van der Waals surface area contributed by atoms with Crippen LogP contribution in [0.1, 0.15) is 24.0 Å². The lowest BCUT2D eigenvalue weighted by molar-refractivity contribution is 0.122. The predicted octanol–water partition coefficient (Wildman–Crippen LogP) is 3.08. The van der Waals surface area contributed by atoms with Crippen LogP contribution in [-0.2, 0) is 12.1 Å². The predicted molar refractivity (Wildman–Crippen MR) is 129 cm³/mol. The number of pyridine rings is 1. The normalized spacial score (nSPS) is 14.5. The molecule has 4 aromatic heterocycles. The fourth-order valence-corrected chi connectivity index (χ4v) is 4.20. The molecule has 0 aromatic carbocycles. The van der Waals surface area contributed by atoms with Crippen LogP contribution in [-0.4, -0.2) is 48.5 Å². The van der Waals surface area contributed by atoms with Gasteiger partial charge in [0.25, 0.3) is 0 Å². The summed E-state index contributed by atoms with van der Waals surface area (Å²) in [5.74, 6) is 9.03. The molecular weight excluding hydrogens is 452 g/mol. The van der Waals surface area contributed by atoms with E-state index in [-0.39, 0.29) is 0 Å². The third-order valence-corrected chi connectivity index (χ3v) is 6.14. The maximum Gasteiger partial charge on any atom is 0.230 e. The summed E-state index contributed by atoms with van der Waals surface area (Å²) in [6, 6.07) is 9.19. The smallest absolute Gasteiger partial charge is 0.230 e. The fraction of sp³-hybridized carbons (Fsp3) is 0.261. The van der Waals surface area contributed by atoms with Gasteiger partial charge < -0.3 is 20.1 Å². The van der Waals surface area contributed by atoms with Crippen molar-refractivity contribution >= 4 is 34.7 Å². The average Bonchev–Trinajstić information content (AvgIpc) is 3.53. The van der Waals surface area contributed by atoms with Gasteiger partial charge in [-0.25, -0.2) is 14.6 Å². The maximum absolute atomic E-state index is 10.6. The van der Waals surface area contributed by atoms with E-state index in [9.17, 15) is 5.11 Å². The standard InChI is InChI=1S/C23H22N8O2S/c1-23(32,21-24-11-14-34-21)9-7-16-15-20-30(12-4-13-31(20)29-16)18-8-10-25-22(28-18)27-17-5-3-6-19(26-17)33-2/h3,5-6,8,10-11,14-15,32H,4,12-13H2,1-2H3,(H,25,26,27,28). The van der Waals surface area contributed by atoms with Crippen LogP contribution in [0, 0.1) is 11.8 Å². The van der Waals surface area contributed by atoms with Gasteiger partial charge in [-0.2, -0.15) is 15.1 Å². The van der Waals surface area contributed by atoms with Crippen molar-refractivity contribution < 1.29 is 9.84 Å². The highest BCUT2D eigenvalue weighted by Crippen LogP contribution is 2.29. The second-order valence-corrected chi connectivity index (χ2v) is 8.60. The van der Waals surface area contributed by atoms with Crippen LogP contribution in [0.2, 0.25) is 0 Å². The highest BCUT2D eigenvalue weighted by atomic mass is 32.1. The molecule has 0 radical (unpaired) electrons. The molecular formula is C23H22N8O2S. The van der Waals surface area contributed by atoms with E-state index in [1.54, 1.807) is 32.5 Å². The van der Waals surface area contributed by atoms with Gasteiger partial charge in [-0.3, -0.25) is 0 Å². The quantitative estimate of drug-likeness (QED) is 0.421. The number of fused-ring (bicyclic) bond motifs is 1. The second kappa shape index (κ2) is 9.09. The topological polar surface area (TPSA) is 114 Å². The Kier molecular flexibility index (Phi) is 5.83. The van der Waals surface area contributed by atoms with Crippen LogP contribution in [0.3, 0.4) is 0 Å². The van der Waals surface area contributed by atoms with Gasteiger partial charge in [-0.05, 0) is 31.4 Å². The average molecular weight is 475 g/mol. The number of aromatic nitrogens is 6. The molecule has 1 unspecified atom stereocenters. The van der Waals surface area contributed by atoms with Gasteiger partial charge in [0.05, 0.1) is 7.11 Å². The number of ether oxygens (including phenoxy) is 1. The molecule has 0 amide bonds. The number of nitrogens with zero attached hydrogens (tertiary/aromatic N) is 7. The lowest BCUT2D eigenvalue weighted by atomic mass is 10.1. The van der Waals surface area contributed by atoms with Crippen LogP contribution < -0.4 is 15.0 Å². The number of methoxy groups -OCH3 is 1. The Labute approximate surface area is 200 Å². The summed E-state index contributed by atoms with van der Waals surface area (Å²) < 4.78 is 7.08. The lowest BCUT2D eigenvalue weighted by Crippen LogP contribution is -2.28. The Balaban J connectivity index is 1.40. The molecule has 2 N–H and O–H groups in total. The molecule has 0 bridgehead atoms. The van der Waals surface area contributed by atoms with E-state index in [4.69, 9.17) is 4.74 Å². The Bertz CT molecular complexity index is 1360. The SMILES string of the molecule is COc1cccc(Nc2nccc(N3CCCn4nc(C#CC(C)(O)c5nccs5)cc43)n2)n1. The van der Waals surface area contributed by atoms with Crippen LogP contribution in [0.4, 0.5) is 23.4 Å². The third kappa shape index (κ3) is 4.54. The number of anilines is 4. The first-order valence-electron chi connectivity index (χ1n) is 10.6. The van der Waals surface area contributed by atoms with Crippen molar-refractivity contribution in [2.45, 2.75) is 25.5 Å². The summed E-state index contributed by atoms with van der Waals surface area (Å²) >= 11 is 1.36. The zero-order chi connectivity index (χ0) is 23.5. The molecule has 0 fully saturated rings. The van der Waals surface area contributed by atoms with E-state index in [0.29, 0.717) is 28.3 Å². The molecule has 0 saturated carbocycles. The molecule has 0 aliphatic carbocycles. The number of hydrogen-bond acceptors (Lipinski definition) is 10. The molecule has 1 atom stereocenters. The third-order valence-electron chi connectivity index (χ3n) is 5.16. The molecule has 172 valence electrons. The molecule has 5 heterocycles. The number of aliphatic hydroxyl groups is 1. The molecule has 1 aliphatic rings. The fourth-order valence-electron chi connectivity index (χ4n) is 3.55. The van der Waals surface area contributed by atoms with E-state index in [2.05, 4.69) is 47.1 Å². The van der Waals surface area contributed by atoms with E-state index in [1.807, 2.05) is 34.3 Å². The van der Waals surface area contributed by atoms with Gasteiger partial charge in [0.2, 0.25) is 11.8 Å². The molecule has 5 rings (SSSR count). The van der Waals surface area contributed by atoms with Gasteiger partial charge in [0, 0.05) is 43.0 Å². The first-order valence-corrected chi connectivity index (χ1v) is 11.5. The minimum atomic E-state index is -1.33. The van der Waals surface area contributed by atoms with Crippen LogP contribution >= 0.6 is 11.3 Å². The Morgan fingerprint density at radius 3 is 2.91 bits per heavy atom. The van der Waals surface area contributed by atoms with Crippen LogP contribution in [0.5, 0.6) is 5.88 Å². The first kappa shape index (κ1) is 21.8. The Morgan fingerprint density at radius 2 is 2.09 bits per heavy atom. The van der Waals surface area contributed by atoms with E-state index < -0.39 is 5.60 Å². The molecule has 11 heteroatoms. The molecule has 0 saturated heterocycles. The number of aryl methyl sites for hydroxylation is 1. The van der Waals surface area contributed by atoms with Gasteiger partial charge >= 0.3 is 0 Å². The number of rotatable bonds is 5. The number of nitrogens with one attached hydrogen (secondary N) is 1. The number of thiazole rings is 1.